The molecule has 1 aromatic heterocycles. The molecular formula is C13H14N2O4. The molecular weight excluding hydrogens is 248 g/mol. The highest BCUT2D eigenvalue weighted by Crippen LogP contribution is 2.41. The van der Waals surface area contributed by atoms with Crippen molar-refractivity contribution in [1.82, 2.24) is 4.98 Å². The van der Waals surface area contributed by atoms with E-state index in [0.29, 0.717) is 11.3 Å². The summed E-state index contributed by atoms with van der Waals surface area (Å²) in [5.41, 5.74) is 2.01. The second kappa shape index (κ2) is 4.72. The number of aromatic nitrogens is 1. The Morgan fingerprint density at radius 1 is 1.21 bits per heavy atom. The van der Waals surface area contributed by atoms with Crippen LogP contribution < -0.4 is 9.47 Å². The third-order valence-electron chi connectivity index (χ3n) is 2.93. The van der Waals surface area contributed by atoms with E-state index in [1.54, 1.807) is 0 Å². The second-order valence-corrected chi connectivity index (χ2v) is 4.19. The lowest BCUT2D eigenvalue weighted by molar-refractivity contribution is -0.385. The third-order valence-corrected chi connectivity index (χ3v) is 2.93. The Kier molecular flexibility index (Phi) is 3.25. The molecule has 1 aromatic carbocycles. The van der Waals surface area contributed by atoms with Gasteiger partial charge in [-0.25, -0.2) is 4.98 Å². The van der Waals surface area contributed by atoms with E-state index in [9.17, 15) is 10.1 Å². The van der Waals surface area contributed by atoms with Crippen molar-refractivity contribution >= 4 is 16.6 Å². The van der Waals surface area contributed by atoms with E-state index in [-0.39, 0.29) is 11.4 Å². The molecule has 0 unspecified atom stereocenters. The van der Waals surface area contributed by atoms with Gasteiger partial charge in [0.1, 0.15) is 11.3 Å². The molecule has 0 aliphatic heterocycles. The van der Waals surface area contributed by atoms with Gasteiger partial charge in [-0.3, -0.25) is 10.1 Å². The number of fused-ring (bicyclic) bond motifs is 1. The molecule has 0 aliphatic carbocycles. The molecule has 0 aliphatic rings. The lowest BCUT2D eigenvalue weighted by atomic mass is 10.1. The predicted molar refractivity (Wildman–Crippen MR) is 71.0 cm³/mol. The highest BCUT2D eigenvalue weighted by atomic mass is 16.6. The number of benzene rings is 1. The van der Waals surface area contributed by atoms with Crippen LogP contribution in [0.4, 0.5) is 5.69 Å². The standard InChI is InChI=1S/C13H14N2O4/c1-7-5-8(2)14-12-11(7)10(18-3)6-9(15(16)17)13(12)19-4/h5-6H,1-4H3. The first-order chi connectivity index (χ1) is 8.99. The Balaban J connectivity index is 3.00. The van der Waals surface area contributed by atoms with Crippen LogP contribution in [0.5, 0.6) is 11.5 Å². The second-order valence-electron chi connectivity index (χ2n) is 4.19. The maximum atomic E-state index is 11.1. The van der Waals surface area contributed by atoms with Crippen LogP contribution in [0.25, 0.3) is 10.9 Å². The van der Waals surface area contributed by atoms with Crippen LogP contribution in [0.1, 0.15) is 11.3 Å². The van der Waals surface area contributed by atoms with Crippen molar-refractivity contribution in [2.75, 3.05) is 14.2 Å². The molecule has 19 heavy (non-hydrogen) atoms. The number of hydrogen-bond donors (Lipinski definition) is 0. The summed E-state index contributed by atoms with van der Waals surface area (Å²) in [5.74, 6) is 0.583. The van der Waals surface area contributed by atoms with Crippen LogP contribution in [0.15, 0.2) is 12.1 Å². The zero-order chi connectivity index (χ0) is 14.2. The molecule has 0 spiro atoms. The summed E-state index contributed by atoms with van der Waals surface area (Å²) in [6.45, 7) is 3.74. The molecule has 100 valence electrons. The Morgan fingerprint density at radius 2 is 1.89 bits per heavy atom. The van der Waals surface area contributed by atoms with Crippen molar-refractivity contribution in [3.05, 3.63) is 33.5 Å². The van der Waals surface area contributed by atoms with Gasteiger partial charge in [0.15, 0.2) is 0 Å². The van der Waals surface area contributed by atoms with Crippen molar-refractivity contribution in [1.29, 1.82) is 0 Å². The number of nitro benzene ring substituents is 1. The fourth-order valence-electron chi connectivity index (χ4n) is 2.19. The SMILES string of the molecule is COc1c([N+](=O)[O-])cc(OC)c2c(C)cc(C)nc12. The number of hydrogen-bond acceptors (Lipinski definition) is 5. The Bertz CT molecular complexity index is 667. The van der Waals surface area contributed by atoms with Crippen molar-refractivity contribution in [3.8, 4) is 11.5 Å². The Morgan fingerprint density at radius 3 is 2.42 bits per heavy atom. The summed E-state index contributed by atoms with van der Waals surface area (Å²) in [6.07, 6.45) is 0. The zero-order valence-corrected chi connectivity index (χ0v) is 11.2. The van der Waals surface area contributed by atoms with Gasteiger partial charge in [-0.05, 0) is 25.5 Å². The number of nitro groups is 1. The Hall–Kier alpha value is -2.37. The van der Waals surface area contributed by atoms with Crippen LogP contribution in [0.2, 0.25) is 0 Å². The maximum absolute atomic E-state index is 11.1. The molecule has 0 fully saturated rings. The van der Waals surface area contributed by atoms with Crippen molar-refractivity contribution in [2.45, 2.75) is 13.8 Å². The molecule has 0 atom stereocenters. The highest BCUT2D eigenvalue weighted by molar-refractivity contribution is 5.96. The first kappa shape index (κ1) is 13.1. The molecule has 6 nitrogen and oxygen atoms in total. The number of aryl methyl sites for hydroxylation is 2. The summed E-state index contributed by atoms with van der Waals surface area (Å²) < 4.78 is 10.4. The van der Waals surface area contributed by atoms with Gasteiger partial charge in [-0.2, -0.15) is 0 Å². The van der Waals surface area contributed by atoms with E-state index >= 15 is 0 Å². The van der Waals surface area contributed by atoms with Gasteiger partial charge in [-0.15, -0.1) is 0 Å². The predicted octanol–water partition coefficient (Wildman–Crippen LogP) is 2.78. The summed E-state index contributed by atoms with van der Waals surface area (Å²) in [4.78, 5) is 15.0. The normalized spacial score (nSPS) is 10.5. The summed E-state index contributed by atoms with van der Waals surface area (Å²) in [6, 6.07) is 3.27. The van der Waals surface area contributed by atoms with E-state index in [2.05, 4.69) is 4.98 Å². The monoisotopic (exact) mass is 262 g/mol. The van der Waals surface area contributed by atoms with Crippen molar-refractivity contribution in [2.24, 2.45) is 0 Å². The molecule has 6 heteroatoms. The molecule has 1 heterocycles. The van der Waals surface area contributed by atoms with E-state index in [0.717, 1.165) is 16.6 Å². The topological polar surface area (TPSA) is 74.5 Å². The molecule has 0 amide bonds. The van der Waals surface area contributed by atoms with Gasteiger partial charge in [-0.1, -0.05) is 0 Å². The van der Waals surface area contributed by atoms with Gasteiger partial charge in [0, 0.05) is 11.1 Å². The van der Waals surface area contributed by atoms with Crippen molar-refractivity contribution < 1.29 is 14.4 Å². The lowest BCUT2D eigenvalue weighted by Crippen LogP contribution is -2.00. The van der Waals surface area contributed by atoms with Crippen LogP contribution in [-0.2, 0) is 0 Å². The summed E-state index contributed by atoms with van der Waals surface area (Å²) in [5, 5.41) is 11.8. The fraction of sp³-hybridized carbons (Fsp3) is 0.308. The average molecular weight is 262 g/mol. The quantitative estimate of drug-likeness (QED) is 0.628. The number of pyridine rings is 1. The molecule has 2 rings (SSSR count). The first-order valence-corrected chi connectivity index (χ1v) is 5.67. The van der Waals surface area contributed by atoms with Crippen LogP contribution in [0, 0.1) is 24.0 Å². The van der Waals surface area contributed by atoms with Gasteiger partial charge < -0.3 is 9.47 Å². The van der Waals surface area contributed by atoms with E-state index in [1.807, 2.05) is 19.9 Å². The maximum Gasteiger partial charge on any atom is 0.316 e. The van der Waals surface area contributed by atoms with Crippen LogP contribution in [0.3, 0.4) is 0 Å². The molecule has 0 radical (unpaired) electrons. The van der Waals surface area contributed by atoms with Crippen molar-refractivity contribution in [3.63, 3.8) is 0 Å². The van der Waals surface area contributed by atoms with E-state index in [1.165, 1.54) is 20.3 Å². The van der Waals surface area contributed by atoms with E-state index < -0.39 is 4.92 Å². The molecule has 0 bridgehead atoms. The average Bonchev–Trinajstić information content (AvgIpc) is 2.35. The molecule has 2 aromatic rings. The Labute approximate surface area is 110 Å². The molecule has 0 saturated heterocycles. The summed E-state index contributed by atoms with van der Waals surface area (Å²) in [7, 11) is 2.87. The molecule has 0 N–H and O–H groups in total. The van der Waals surface area contributed by atoms with Gasteiger partial charge >= 0.3 is 5.69 Å². The van der Waals surface area contributed by atoms with Gasteiger partial charge in [0.25, 0.3) is 0 Å². The molecule has 0 saturated carbocycles. The zero-order valence-electron chi connectivity index (χ0n) is 11.2. The third kappa shape index (κ3) is 2.05. The highest BCUT2D eigenvalue weighted by Gasteiger charge is 2.23. The fourth-order valence-corrected chi connectivity index (χ4v) is 2.19. The smallest absolute Gasteiger partial charge is 0.316 e. The van der Waals surface area contributed by atoms with E-state index in [4.69, 9.17) is 9.47 Å². The van der Waals surface area contributed by atoms with Crippen LogP contribution >= 0.6 is 0 Å². The minimum absolute atomic E-state index is 0.149. The van der Waals surface area contributed by atoms with Gasteiger partial charge in [0.2, 0.25) is 5.75 Å². The number of nitrogens with zero attached hydrogens (tertiary/aromatic N) is 2. The minimum atomic E-state index is -0.500. The van der Waals surface area contributed by atoms with Crippen LogP contribution in [-0.4, -0.2) is 24.1 Å². The first-order valence-electron chi connectivity index (χ1n) is 5.67. The minimum Gasteiger partial charge on any atom is -0.496 e. The van der Waals surface area contributed by atoms with Gasteiger partial charge in [0.05, 0.1) is 25.2 Å². The number of rotatable bonds is 3. The number of ether oxygens (including phenoxy) is 2. The largest absolute Gasteiger partial charge is 0.496 e. The summed E-state index contributed by atoms with van der Waals surface area (Å²) >= 11 is 0. The number of methoxy groups -OCH3 is 2. The lowest BCUT2D eigenvalue weighted by Gasteiger charge is -2.12.